The molecule has 20 heavy (non-hydrogen) atoms. The second-order valence-corrected chi connectivity index (χ2v) is 4.88. The minimum atomic E-state index is 0.576. The highest BCUT2D eigenvalue weighted by molar-refractivity contribution is 5.72. The Morgan fingerprint density at radius 3 is 2.60 bits per heavy atom. The van der Waals surface area contributed by atoms with Gasteiger partial charge in [0.15, 0.2) is 12.0 Å². The standard InChI is InChI=1S/C16H17N3O/c1-19(14-5-2-12(9-17)3-6-14)10-13-4-7-15-16(8-13)20-11-18-15/h2-8,11H,9-10,17H2,1H3. The number of nitrogens with zero attached hydrogens (tertiary/aromatic N) is 2. The molecular formula is C16H17N3O. The van der Waals surface area contributed by atoms with Crippen LogP contribution in [0, 0.1) is 0 Å². The molecule has 0 saturated heterocycles. The van der Waals surface area contributed by atoms with Gasteiger partial charge >= 0.3 is 0 Å². The maximum Gasteiger partial charge on any atom is 0.181 e. The van der Waals surface area contributed by atoms with E-state index in [0.29, 0.717) is 6.54 Å². The molecule has 1 aromatic heterocycles. The topological polar surface area (TPSA) is 55.3 Å². The molecule has 3 aromatic rings. The van der Waals surface area contributed by atoms with Gasteiger partial charge in [0.05, 0.1) is 0 Å². The normalized spacial score (nSPS) is 10.9. The third-order valence-corrected chi connectivity index (χ3v) is 3.43. The summed E-state index contributed by atoms with van der Waals surface area (Å²) in [6.07, 6.45) is 1.48. The van der Waals surface area contributed by atoms with Gasteiger partial charge in [0, 0.05) is 25.8 Å². The van der Waals surface area contributed by atoms with E-state index in [1.54, 1.807) is 0 Å². The van der Waals surface area contributed by atoms with Crippen LogP contribution in [0.5, 0.6) is 0 Å². The first-order chi connectivity index (χ1) is 9.76. The van der Waals surface area contributed by atoms with Crippen LogP contribution in [0.15, 0.2) is 53.3 Å². The Morgan fingerprint density at radius 2 is 1.85 bits per heavy atom. The SMILES string of the molecule is CN(Cc1ccc2ncoc2c1)c1ccc(CN)cc1. The van der Waals surface area contributed by atoms with Crippen molar-refractivity contribution in [1.29, 1.82) is 0 Å². The first kappa shape index (κ1) is 12.7. The number of anilines is 1. The molecule has 0 aliphatic carbocycles. The van der Waals surface area contributed by atoms with Gasteiger partial charge in [-0.2, -0.15) is 0 Å². The Balaban J connectivity index is 1.78. The molecule has 0 atom stereocenters. The Morgan fingerprint density at radius 1 is 1.10 bits per heavy atom. The van der Waals surface area contributed by atoms with Crippen molar-refractivity contribution >= 4 is 16.8 Å². The van der Waals surface area contributed by atoms with E-state index in [9.17, 15) is 0 Å². The van der Waals surface area contributed by atoms with E-state index in [1.807, 2.05) is 12.1 Å². The Bertz CT molecular complexity index is 703. The molecule has 0 spiro atoms. The number of aromatic nitrogens is 1. The predicted molar refractivity (Wildman–Crippen MR) is 80.4 cm³/mol. The molecular weight excluding hydrogens is 250 g/mol. The Labute approximate surface area is 117 Å². The molecule has 2 N–H and O–H groups in total. The van der Waals surface area contributed by atoms with Gasteiger partial charge in [-0.15, -0.1) is 0 Å². The summed E-state index contributed by atoms with van der Waals surface area (Å²) in [4.78, 5) is 6.32. The van der Waals surface area contributed by atoms with Gasteiger partial charge in [-0.25, -0.2) is 4.98 Å². The first-order valence-corrected chi connectivity index (χ1v) is 6.58. The minimum absolute atomic E-state index is 0.576. The van der Waals surface area contributed by atoms with Crippen LogP contribution in [0.2, 0.25) is 0 Å². The second-order valence-electron chi connectivity index (χ2n) is 4.88. The van der Waals surface area contributed by atoms with Crippen LogP contribution in [0.3, 0.4) is 0 Å². The minimum Gasteiger partial charge on any atom is -0.443 e. The van der Waals surface area contributed by atoms with E-state index in [1.165, 1.54) is 17.6 Å². The van der Waals surface area contributed by atoms with Crippen molar-refractivity contribution in [2.75, 3.05) is 11.9 Å². The number of nitrogens with two attached hydrogens (primary N) is 1. The van der Waals surface area contributed by atoms with Crippen molar-refractivity contribution in [3.8, 4) is 0 Å². The molecule has 4 nitrogen and oxygen atoms in total. The van der Waals surface area contributed by atoms with Crippen molar-refractivity contribution in [1.82, 2.24) is 4.98 Å². The molecule has 0 radical (unpaired) electrons. The summed E-state index contributed by atoms with van der Waals surface area (Å²) in [5, 5.41) is 0. The van der Waals surface area contributed by atoms with Crippen LogP contribution in [0.4, 0.5) is 5.69 Å². The molecule has 0 saturated carbocycles. The summed E-state index contributed by atoms with van der Waals surface area (Å²) in [6, 6.07) is 14.4. The quantitative estimate of drug-likeness (QED) is 0.789. The van der Waals surface area contributed by atoms with Gasteiger partial charge in [-0.1, -0.05) is 18.2 Å². The second kappa shape index (κ2) is 5.35. The summed E-state index contributed by atoms with van der Waals surface area (Å²) in [7, 11) is 2.07. The largest absolute Gasteiger partial charge is 0.443 e. The van der Waals surface area contributed by atoms with E-state index < -0.39 is 0 Å². The molecule has 0 fully saturated rings. The summed E-state index contributed by atoms with van der Waals surface area (Å²) in [5.74, 6) is 0. The van der Waals surface area contributed by atoms with Crippen molar-refractivity contribution in [2.24, 2.45) is 5.73 Å². The Hall–Kier alpha value is -2.33. The van der Waals surface area contributed by atoms with Crippen molar-refractivity contribution in [3.05, 3.63) is 60.0 Å². The zero-order valence-corrected chi connectivity index (χ0v) is 11.4. The number of oxazole rings is 1. The average molecular weight is 267 g/mol. The monoisotopic (exact) mass is 267 g/mol. The number of rotatable bonds is 4. The van der Waals surface area contributed by atoms with Crippen LogP contribution in [-0.4, -0.2) is 12.0 Å². The lowest BCUT2D eigenvalue weighted by Gasteiger charge is -2.19. The fourth-order valence-electron chi connectivity index (χ4n) is 2.25. The van der Waals surface area contributed by atoms with E-state index >= 15 is 0 Å². The summed E-state index contributed by atoms with van der Waals surface area (Å²) in [5.41, 5.74) is 10.8. The molecule has 0 amide bonds. The molecule has 102 valence electrons. The van der Waals surface area contributed by atoms with E-state index in [0.717, 1.165) is 23.2 Å². The molecule has 3 rings (SSSR count). The van der Waals surface area contributed by atoms with Crippen LogP contribution in [0.1, 0.15) is 11.1 Å². The van der Waals surface area contributed by atoms with Gasteiger partial charge in [0.2, 0.25) is 0 Å². The van der Waals surface area contributed by atoms with Crippen molar-refractivity contribution in [3.63, 3.8) is 0 Å². The van der Waals surface area contributed by atoms with E-state index in [4.69, 9.17) is 10.2 Å². The van der Waals surface area contributed by atoms with Gasteiger partial charge in [-0.3, -0.25) is 0 Å². The lowest BCUT2D eigenvalue weighted by atomic mass is 10.1. The first-order valence-electron chi connectivity index (χ1n) is 6.58. The summed E-state index contributed by atoms with van der Waals surface area (Å²) in [6.45, 7) is 1.39. The van der Waals surface area contributed by atoms with Crippen LogP contribution >= 0.6 is 0 Å². The number of hydrogen-bond acceptors (Lipinski definition) is 4. The number of benzene rings is 2. The van der Waals surface area contributed by atoms with Crippen molar-refractivity contribution in [2.45, 2.75) is 13.1 Å². The zero-order valence-electron chi connectivity index (χ0n) is 11.4. The smallest absolute Gasteiger partial charge is 0.181 e. The lowest BCUT2D eigenvalue weighted by molar-refractivity contribution is 0.601. The van der Waals surface area contributed by atoms with Crippen LogP contribution < -0.4 is 10.6 Å². The third kappa shape index (κ3) is 2.51. The fourth-order valence-corrected chi connectivity index (χ4v) is 2.25. The highest BCUT2D eigenvalue weighted by Gasteiger charge is 2.05. The summed E-state index contributed by atoms with van der Waals surface area (Å²) < 4.78 is 5.33. The number of hydrogen-bond donors (Lipinski definition) is 1. The molecule has 4 heteroatoms. The highest BCUT2D eigenvalue weighted by atomic mass is 16.3. The predicted octanol–water partition coefficient (Wildman–Crippen LogP) is 2.92. The van der Waals surface area contributed by atoms with Crippen LogP contribution in [0.25, 0.3) is 11.1 Å². The Kier molecular flexibility index (Phi) is 3.39. The van der Waals surface area contributed by atoms with Gasteiger partial charge in [0.1, 0.15) is 5.52 Å². The lowest BCUT2D eigenvalue weighted by Crippen LogP contribution is -2.16. The molecule has 0 aliphatic heterocycles. The fraction of sp³-hybridized carbons (Fsp3) is 0.188. The number of fused-ring (bicyclic) bond motifs is 1. The molecule has 0 aliphatic rings. The van der Waals surface area contributed by atoms with E-state index in [2.05, 4.69) is 47.3 Å². The highest BCUT2D eigenvalue weighted by Crippen LogP contribution is 2.19. The van der Waals surface area contributed by atoms with Crippen LogP contribution in [-0.2, 0) is 13.1 Å². The average Bonchev–Trinajstić information content (AvgIpc) is 2.95. The van der Waals surface area contributed by atoms with Gasteiger partial charge in [-0.05, 0) is 35.4 Å². The zero-order chi connectivity index (χ0) is 13.9. The third-order valence-electron chi connectivity index (χ3n) is 3.43. The molecule has 0 bridgehead atoms. The molecule has 2 aromatic carbocycles. The van der Waals surface area contributed by atoms with Gasteiger partial charge in [0.25, 0.3) is 0 Å². The van der Waals surface area contributed by atoms with Crippen molar-refractivity contribution < 1.29 is 4.42 Å². The molecule has 1 heterocycles. The molecule has 0 unspecified atom stereocenters. The van der Waals surface area contributed by atoms with Gasteiger partial charge < -0.3 is 15.1 Å². The summed E-state index contributed by atoms with van der Waals surface area (Å²) >= 11 is 0. The maximum absolute atomic E-state index is 5.61. The van der Waals surface area contributed by atoms with E-state index in [-0.39, 0.29) is 0 Å². The maximum atomic E-state index is 5.61.